The Balaban J connectivity index is 2.58. The third-order valence-electron chi connectivity index (χ3n) is 3.16. The normalized spacial score (nSPS) is 18.1. The van der Waals surface area contributed by atoms with Gasteiger partial charge in [0.2, 0.25) is 11.8 Å². The van der Waals surface area contributed by atoms with Crippen molar-refractivity contribution in [3.05, 3.63) is 0 Å². The van der Waals surface area contributed by atoms with Crippen LogP contribution in [0, 0.1) is 5.41 Å². The molecule has 2 N–H and O–H groups in total. The smallest absolute Gasteiger partial charge is 0.319 e. The third kappa shape index (κ3) is 2.57. The van der Waals surface area contributed by atoms with E-state index in [-0.39, 0.29) is 5.91 Å². The average molecular weight is 242 g/mol. The Morgan fingerprint density at radius 2 is 1.94 bits per heavy atom. The van der Waals surface area contributed by atoms with E-state index in [0.717, 1.165) is 0 Å². The largest absolute Gasteiger partial charge is 0.480 e. The standard InChI is InChI=1S/C11H18N2O4/c1-4-13(3)8(14)7(2)12-9(15)11(5-6-11)10(16)17/h7H,4-6H2,1-3H3,(H,12,15)(H,16,17). The molecule has 1 aliphatic carbocycles. The molecule has 1 unspecified atom stereocenters. The maximum absolute atomic E-state index is 11.7. The van der Waals surface area contributed by atoms with Crippen LogP contribution in [0.25, 0.3) is 0 Å². The van der Waals surface area contributed by atoms with Gasteiger partial charge in [-0.3, -0.25) is 14.4 Å². The minimum absolute atomic E-state index is 0.220. The highest BCUT2D eigenvalue weighted by molar-refractivity contribution is 6.06. The van der Waals surface area contributed by atoms with E-state index in [0.29, 0.717) is 19.4 Å². The lowest BCUT2D eigenvalue weighted by Gasteiger charge is -2.21. The molecule has 0 bridgehead atoms. The van der Waals surface area contributed by atoms with Crippen molar-refractivity contribution in [2.75, 3.05) is 13.6 Å². The van der Waals surface area contributed by atoms with Crippen LogP contribution in [0.2, 0.25) is 0 Å². The Bertz CT molecular complexity index is 349. The molecule has 6 heteroatoms. The predicted molar refractivity (Wildman–Crippen MR) is 60.2 cm³/mol. The maximum Gasteiger partial charge on any atom is 0.319 e. The predicted octanol–water partition coefficient (Wildman–Crippen LogP) is -0.166. The van der Waals surface area contributed by atoms with E-state index in [1.165, 1.54) is 4.90 Å². The van der Waals surface area contributed by atoms with Gasteiger partial charge in [0.25, 0.3) is 0 Å². The minimum atomic E-state index is -1.29. The fourth-order valence-corrected chi connectivity index (χ4v) is 1.55. The van der Waals surface area contributed by atoms with Gasteiger partial charge in [-0.15, -0.1) is 0 Å². The maximum atomic E-state index is 11.7. The van der Waals surface area contributed by atoms with Gasteiger partial charge in [0.15, 0.2) is 0 Å². The first-order valence-corrected chi connectivity index (χ1v) is 5.64. The highest BCUT2D eigenvalue weighted by atomic mass is 16.4. The van der Waals surface area contributed by atoms with Gasteiger partial charge in [-0.1, -0.05) is 0 Å². The molecule has 6 nitrogen and oxygen atoms in total. The molecule has 0 aliphatic heterocycles. The number of likely N-dealkylation sites (N-methyl/N-ethyl adjacent to an activating group) is 1. The number of hydrogen-bond donors (Lipinski definition) is 2. The van der Waals surface area contributed by atoms with Crippen LogP contribution in [0.5, 0.6) is 0 Å². The lowest BCUT2D eigenvalue weighted by atomic mass is 10.1. The van der Waals surface area contributed by atoms with Crippen molar-refractivity contribution in [1.82, 2.24) is 10.2 Å². The summed E-state index contributed by atoms with van der Waals surface area (Å²) in [5.41, 5.74) is -1.29. The third-order valence-corrected chi connectivity index (χ3v) is 3.16. The van der Waals surface area contributed by atoms with Crippen LogP contribution in [0.1, 0.15) is 26.7 Å². The molecule has 0 spiro atoms. The molecule has 0 aromatic carbocycles. The van der Waals surface area contributed by atoms with E-state index in [2.05, 4.69) is 5.32 Å². The van der Waals surface area contributed by atoms with Crippen LogP contribution in [0.15, 0.2) is 0 Å². The summed E-state index contributed by atoms with van der Waals surface area (Å²) in [4.78, 5) is 35.8. The summed E-state index contributed by atoms with van der Waals surface area (Å²) < 4.78 is 0. The van der Waals surface area contributed by atoms with E-state index in [1.807, 2.05) is 6.92 Å². The van der Waals surface area contributed by atoms with Crippen LogP contribution < -0.4 is 5.32 Å². The Hall–Kier alpha value is -1.59. The first-order chi connectivity index (χ1) is 7.85. The van der Waals surface area contributed by atoms with Crippen LogP contribution in [0.3, 0.4) is 0 Å². The molecule has 0 aromatic rings. The number of rotatable bonds is 5. The molecule has 0 aromatic heterocycles. The van der Waals surface area contributed by atoms with Gasteiger partial charge in [0.1, 0.15) is 11.5 Å². The molecule has 0 radical (unpaired) electrons. The van der Waals surface area contributed by atoms with E-state index < -0.39 is 23.3 Å². The zero-order chi connectivity index (χ0) is 13.2. The molecule has 0 heterocycles. The zero-order valence-electron chi connectivity index (χ0n) is 10.3. The van der Waals surface area contributed by atoms with E-state index in [9.17, 15) is 14.4 Å². The molecule has 1 rings (SSSR count). The van der Waals surface area contributed by atoms with Gasteiger partial charge in [-0.05, 0) is 26.7 Å². The number of carbonyl (C=O) groups is 3. The van der Waals surface area contributed by atoms with Crippen LogP contribution in [0.4, 0.5) is 0 Å². The summed E-state index contributed by atoms with van der Waals surface area (Å²) in [5.74, 6) is -1.89. The Morgan fingerprint density at radius 1 is 1.41 bits per heavy atom. The number of carboxylic acid groups (broad SMARTS) is 1. The molecular weight excluding hydrogens is 224 g/mol. The molecule has 1 aliphatic rings. The Kier molecular flexibility index (Phi) is 3.75. The number of nitrogens with zero attached hydrogens (tertiary/aromatic N) is 1. The molecule has 17 heavy (non-hydrogen) atoms. The second kappa shape index (κ2) is 4.73. The van der Waals surface area contributed by atoms with Gasteiger partial charge in [-0.25, -0.2) is 0 Å². The summed E-state index contributed by atoms with van der Waals surface area (Å²) >= 11 is 0. The molecule has 2 amide bonds. The SMILES string of the molecule is CCN(C)C(=O)C(C)NC(=O)C1(C(=O)O)CC1. The highest BCUT2D eigenvalue weighted by Gasteiger charge is 2.57. The molecule has 1 atom stereocenters. The first-order valence-electron chi connectivity index (χ1n) is 5.64. The number of carboxylic acids is 1. The number of amides is 2. The lowest BCUT2D eigenvalue weighted by Crippen LogP contribution is -2.49. The first kappa shape index (κ1) is 13.5. The fourth-order valence-electron chi connectivity index (χ4n) is 1.55. The van der Waals surface area contributed by atoms with Gasteiger partial charge in [-0.2, -0.15) is 0 Å². The van der Waals surface area contributed by atoms with Gasteiger partial charge >= 0.3 is 5.97 Å². The highest BCUT2D eigenvalue weighted by Crippen LogP contribution is 2.46. The zero-order valence-corrected chi connectivity index (χ0v) is 10.3. The Morgan fingerprint density at radius 3 is 2.29 bits per heavy atom. The van der Waals surface area contributed by atoms with Crippen molar-refractivity contribution in [3.8, 4) is 0 Å². The quantitative estimate of drug-likeness (QED) is 0.655. The van der Waals surface area contributed by atoms with Gasteiger partial charge in [0.05, 0.1) is 0 Å². The van der Waals surface area contributed by atoms with Crippen molar-refractivity contribution in [2.24, 2.45) is 5.41 Å². The number of carbonyl (C=O) groups excluding carboxylic acids is 2. The average Bonchev–Trinajstić information content (AvgIpc) is 3.07. The topological polar surface area (TPSA) is 86.7 Å². The number of aliphatic carboxylic acids is 1. The van der Waals surface area contributed by atoms with E-state index >= 15 is 0 Å². The van der Waals surface area contributed by atoms with Gasteiger partial charge < -0.3 is 15.3 Å². The van der Waals surface area contributed by atoms with Crippen molar-refractivity contribution in [3.63, 3.8) is 0 Å². The summed E-state index contributed by atoms with van der Waals surface area (Å²) in [5, 5.41) is 11.4. The monoisotopic (exact) mass is 242 g/mol. The summed E-state index contributed by atoms with van der Waals surface area (Å²) in [6.07, 6.45) is 0.692. The molecule has 96 valence electrons. The second-order valence-corrected chi connectivity index (χ2v) is 4.43. The van der Waals surface area contributed by atoms with Crippen molar-refractivity contribution in [2.45, 2.75) is 32.7 Å². The number of hydrogen-bond acceptors (Lipinski definition) is 3. The van der Waals surface area contributed by atoms with Crippen molar-refractivity contribution < 1.29 is 19.5 Å². The second-order valence-electron chi connectivity index (χ2n) is 4.43. The van der Waals surface area contributed by atoms with Crippen LogP contribution in [-0.4, -0.2) is 47.4 Å². The summed E-state index contributed by atoms with van der Waals surface area (Å²) in [6.45, 7) is 3.93. The molecule has 1 saturated carbocycles. The van der Waals surface area contributed by atoms with E-state index in [4.69, 9.17) is 5.11 Å². The van der Waals surface area contributed by atoms with Crippen molar-refractivity contribution in [1.29, 1.82) is 0 Å². The summed E-state index contributed by atoms with van der Waals surface area (Å²) in [7, 11) is 1.63. The fraction of sp³-hybridized carbons (Fsp3) is 0.727. The van der Waals surface area contributed by atoms with Crippen LogP contribution in [-0.2, 0) is 14.4 Å². The Labute approximate surface area is 100.0 Å². The summed E-state index contributed by atoms with van der Waals surface area (Å²) in [6, 6.07) is -0.690. The molecule has 1 fully saturated rings. The van der Waals surface area contributed by atoms with Crippen LogP contribution >= 0.6 is 0 Å². The lowest BCUT2D eigenvalue weighted by molar-refractivity contribution is -0.150. The molecule has 0 saturated heterocycles. The van der Waals surface area contributed by atoms with E-state index in [1.54, 1.807) is 14.0 Å². The van der Waals surface area contributed by atoms with Gasteiger partial charge in [0, 0.05) is 13.6 Å². The van der Waals surface area contributed by atoms with Crippen molar-refractivity contribution >= 4 is 17.8 Å². The molecular formula is C11H18N2O4. The minimum Gasteiger partial charge on any atom is -0.480 e. The number of nitrogens with one attached hydrogen (secondary N) is 1.